The van der Waals surface area contributed by atoms with E-state index in [0.29, 0.717) is 5.92 Å². The molecule has 3 N–H and O–H groups in total. The van der Waals surface area contributed by atoms with Gasteiger partial charge in [0.15, 0.2) is 0 Å². The Bertz CT molecular complexity index is 548. The minimum atomic E-state index is 0.709. The second-order valence-corrected chi connectivity index (χ2v) is 6.01. The molecule has 0 amide bonds. The van der Waals surface area contributed by atoms with E-state index in [0.717, 1.165) is 19.0 Å². The van der Waals surface area contributed by atoms with Crippen LogP contribution in [-0.2, 0) is 0 Å². The number of hydrogen-bond acceptors (Lipinski definition) is 2. The van der Waals surface area contributed by atoms with E-state index in [-0.39, 0.29) is 0 Å². The molecule has 2 heteroatoms. The van der Waals surface area contributed by atoms with Gasteiger partial charge in [0.05, 0.1) is 0 Å². The van der Waals surface area contributed by atoms with Crippen LogP contribution in [0.4, 0.5) is 5.69 Å². The number of rotatable bonds is 5. The standard InChI is InChI=1S/C19H24N2/c20-13-17-7-4-8-18(17)14-21-19-11-9-16(10-12-19)15-5-2-1-3-6-15/h1-3,5-6,9-12,17-18,21H,4,7-8,13-14,20H2. The lowest BCUT2D eigenvalue weighted by molar-refractivity contribution is 0.414. The number of nitrogens with two attached hydrogens (primary N) is 1. The van der Waals surface area contributed by atoms with Gasteiger partial charge in [-0.3, -0.25) is 0 Å². The van der Waals surface area contributed by atoms with Crippen LogP contribution in [0.3, 0.4) is 0 Å². The lowest BCUT2D eigenvalue weighted by Gasteiger charge is -2.19. The first kappa shape index (κ1) is 14.2. The molecular formula is C19H24N2. The second-order valence-electron chi connectivity index (χ2n) is 6.01. The predicted octanol–water partition coefficient (Wildman–Crippen LogP) is 4.14. The first-order valence-corrected chi connectivity index (χ1v) is 7.96. The van der Waals surface area contributed by atoms with Crippen LogP contribution in [0.5, 0.6) is 0 Å². The lowest BCUT2D eigenvalue weighted by Crippen LogP contribution is -2.24. The fourth-order valence-electron chi connectivity index (χ4n) is 3.35. The smallest absolute Gasteiger partial charge is 0.0340 e. The van der Waals surface area contributed by atoms with Gasteiger partial charge in [-0.1, -0.05) is 48.9 Å². The van der Waals surface area contributed by atoms with E-state index in [1.54, 1.807) is 0 Å². The Morgan fingerprint density at radius 2 is 1.52 bits per heavy atom. The van der Waals surface area contributed by atoms with E-state index in [4.69, 9.17) is 5.73 Å². The number of nitrogens with one attached hydrogen (secondary N) is 1. The molecule has 2 nitrogen and oxygen atoms in total. The van der Waals surface area contributed by atoms with E-state index in [9.17, 15) is 0 Å². The number of hydrogen-bond donors (Lipinski definition) is 2. The van der Waals surface area contributed by atoms with Crippen LogP contribution in [0, 0.1) is 11.8 Å². The number of benzene rings is 2. The van der Waals surface area contributed by atoms with E-state index in [1.807, 2.05) is 0 Å². The van der Waals surface area contributed by atoms with Gasteiger partial charge in [-0.2, -0.15) is 0 Å². The van der Waals surface area contributed by atoms with E-state index in [2.05, 4.69) is 59.9 Å². The van der Waals surface area contributed by atoms with Crippen LogP contribution < -0.4 is 11.1 Å². The van der Waals surface area contributed by atoms with Crippen molar-refractivity contribution in [1.29, 1.82) is 0 Å². The Labute approximate surface area is 127 Å². The number of anilines is 1. The van der Waals surface area contributed by atoms with Gasteiger partial charge >= 0.3 is 0 Å². The Balaban J connectivity index is 1.60. The molecule has 2 atom stereocenters. The maximum absolute atomic E-state index is 5.85. The normalized spacial score (nSPS) is 21.4. The molecule has 3 rings (SSSR count). The Hall–Kier alpha value is -1.80. The van der Waals surface area contributed by atoms with Gasteiger partial charge in [-0.25, -0.2) is 0 Å². The quantitative estimate of drug-likeness (QED) is 0.864. The third-order valence-corrected chi connectivity index (χ3v) is 4.68. The average Bonchev–Trinajstić information content (AvgIpc) is 3.02. The minimum absolute atomic E-state index is 0.709. The fraction of sp³-hybridized carbons (Fsp3) is 0.368. The summed E-state index contributed by atoms with van der Waals surface area (Å²) in [6.07, 6.45) is 3.95. The van der Waals surface area contributed by atoms with E-state index < -0.39 is 0 Å². The van der Waals surface area contributed by atoms with Crippen molar-refractivity contribution >= 4 is 5.69 Å². The molecule has 0 bridgehead atoms. The summed E-state index contributed by atoms with van der Waals surface area (Å²) in [6.45, 7) is 1.88. The van der Waals surface area contributed by atoms with Crippen molar-refractivity contribution in [2.75, 3.05) is 18.4 Å². The summed E-state index contributed by atoms with van der Waals surface area (Å²) in [7, 11) is 0. The van der Waals surface area contributed by atoms with Crippen LogP contribution in [0.15, 0.2) is 54.6 Å². The summed E-state index contributed by atoms with van der Waals surface area (Å²) in [5.74, 6) is 1.45. The molecule has 1 saturated carbocycles. The molecule has 0 heterocycles. The molecule has 2 aromatic rings. The highest BCUT2D eigenvalue weighted by Crippen LogP contribution is 2.31. The summed E-state index contributed by atoms with van der Waals surface area (Å²) in [6, 6.07) is 19.2. The molecular weight excluding hydrogens is 256 g/mol. The highest BCUT2D eigenvalue weighted by molar-refractivity contribution is 5.65. The average molecular weight is 280 g/mol. The molecule has 0 aromatic heterocycles. The van der Waals surface area contributed by atoms with Crippen LogP contribution in [0.1, 0.15) is 19.3 Å². The van der Waals surface area contributed by atoms with Crippen LogP contribution in [0.2, 0.25) is 0 Å². The van der Waals surface area contributed by atoms with E-state index in [1.165, 1.54) is 36.1 Å². The van der Waals surface area contributed by atoms with Crippen molar-refractivity contribution < 1.29 is 0 Å². The minimum Gasteiger partial charge on any atom is -0.385 e. The highest BCUT2D eigenvalue weighted by Gasteiger charge is 2.25. The van der Waals surface area contributed by atoms with Gasteiger partial charge in [0, 0.05) is 12.2 Å². The van der Waals surface area contributed by atoms with Crippen molar-refractivity contribution in [2.24, 2.45) is 17.6 Å². The molecule has 2 unspecified atom stereocenters. The Morgan fingerprint density at radius 1 is 0.857 bits per heavy atom. The summed E-state index contributed by atoms with van der Waals surface area (Å²) in [4.78, 5) is 0. The van der Waals surface area contributed by atoms with Crippen molar-refractivity contribution in [2.45, 2.75) is 19.3 Å². The zero-order valence-electron chi connectivity index (χ0n) is 12.5. The predicted molar refractivity (Wildman–Crippen MR) is 90.3 cm³/mol. The Morgan fingerprint density at radius 3 is 2.24 bits per heavy atom. The zero-order valence-corrected chi connectivity index (χ0v) is 12.5. The maximum atomic E-state index is 5.85. The molecule has 1 aliphatic rings. The topological polar surface area (TPSA) is 38.0 Å². The van der Waals surface area contributed by atoms with Crippen LogP contribution in [-0.4, -0.2) is 13.1 Å². The highest BCUT2D eigenvalue weighted by atomic mass is 14.9. The second kappa shape index (κ2) is 6.77. The first-order chi connectivity index (χ1) is 10.4. The molecule has 0 aliphatic heterocycles. The van der Waals surface area contributed by atoms with Crippen molar-refractivity contribution in [3.05, 3.63) is 54.6 Å². The van der Waals surface area contributed by atoms with Crippen molar-refractivity contribution in [3.63, 3.8) is 0 Å². The lowest BCUT2D eigenvalue weighted by atomic mass is 9.96. The molecule has 2 aromatic carbocycles. The third-order valence-electron chi connectivity index (χ3n) is 4.68. The Kier molecular flexibility index (Phi) is 4.56. The van der Waals surface area contributed by atoms with Gasteiger partial charge < -0.3 is 11.1 Å². The monoisotopic (exact) mass is 280 g/mol. The molecule has 1 aliphatic carbocycles. The maximum Gasteiger partial charge on any atom is 0.0340 e. The molecule has 1 fully saturated rings. The van der Waals surface area contributed by atoms with Crippen molar-refractivity contribution in [3.8, 4) is 11.1 Å². The third kappa shape index (κ3) is 3.45. The van der Waals surface area contributed by atoms with Gasteiger partial charge in [-0.15, -0.1) is 0 Å². The summed E-state index contributed by atoms with van der Waals surface area (Å²) in [5, 5.41) is 3.57. The molecule has 0 saturated heterocycles. The van der Waals surface area contributed by atoms with Gasteiger partial charge in [0.25, 0.3) is 0 Å². The molecule has 0 spiro atoms. The van der Waals surface area contributed by atoms with Gasteiger partial charge in [0.2, 0.25) is 0 Å². The molecule has 21 heavy (non-hydrogen) atoms. The molecule has 0 radical (unpaired) electrons. The first-order valence-electron chi connectivity index (χ1n) is 7.96. The summed E-state index contributed by atoms with van der Waals surface area (Å²) in [5.41, 5.74) is 9.59. The molecule has 110 valence electrons. The van der Waals surface area contributed by atoms with Crippen LogP contribution >= 0.6 is 0 Å². The van der Waals surface area contributed by atoms with Crippen LogP contribution in [0.25, 0.3) is 11.1 Å². The zero-order chi connectivity index (χ0) is 14.5. The SMILES string of the molecule is NCC1CCCC1CNc1ccc(-c2ccccc2)cc1. The fourth-order valence-corrected chi connectivity index (χ4v) is 3.35. The van der Waals surface area contributed by atoms with Crippen molar-refractivity contribution in [1.82, 2.24) is 0 Å². The van der Waals surface area contributed by atoms with Gasteiger partial charge in [0.1, 0.15) is 0 Å². The summed E-state index contributed by atoms with van der Waals surface area (Å²) >= 11 is 0. The van der Waals surface area contributed by atoms with E-state index >= 15 is 0 Å². The largest absolute Gasteiger partial charge is 0.385 e. The summed E-state index contributed by atoms with van der Waals surface area (Å²) < 4.78 is 0. The van der Waals surface area contributed by atoms with Gasteiger partial charge in [-0.05, 0) is 54.5 Å².